The quantitative estimate of drug-likeness (QED) is 0.676. The summed E-state index contributed by atoms with van der Waals surface area (Å²) in [7, 11) is 0. The Labute approximate surface area is 142 Å². The Morgan fingerprint density at radius 2 is 2.04 bits per heavy atom. The van der Waals surface area contributed by atoms with Crippen LogP contribution in [0.25, 0.3) is 22.3 Å². The van der Waals surface area contributed by atoms with Crippen molar-refractivity contribution in [2.75, 3.05) is 6.54 Å². The van der Waals surface area contributed by atoms with Gasteiger partial charge in [-0.05, 0) is 26.0 Å². The summed E-state index contributed by atoms with van der Waals surface area (Å²) in [4.78, 5) is 23.2. The fraction of sp³-hybridized carbons (Fsp3) is 0.235. The van der Waals surface area contributed by atoms with Gasteiger partial charge in [-0.3, -0.25) is 9.78 Å². The number of hydrogen-bond acceptors (Lipinski definition) is 4. The van der Waals surface area contributed by atoms with E-state index in [-0.39, 0.29) is 17.8 Å². The van der Waals surface area contributed by atoms with E-state index in [1.165, 1.54) is 18.5 Å². The molecule has 8 heteroatoms. The van der Waals surface area contributed by atoms with Gasteiger partial charge in [0.2, 0.25) is 0 Å². The number of aromatic nitrogens is 3. The van der Waals surface area contributed by atoms with Gasteiger partial charge in [0.25, 0.3) is 5.91 Å². The molecule has 25 heavy (non-hydrogen) atoms. The van der Waals surface area contributed by atoms with E-state index < -0.39 is 23.1 Å². The molecule has 2 aromatic heterocycles. The van der Waals surface area contributed by atoms with Crippen molar-refractivity contribution in [3.63, 3.8) is 0 Å². The molecule has 130 valence electrons. The van der Waals surface area contributed by atoms with Gasteiger partial charge in [0.05, 0.1) is 23.6 Å². The normalized spacial score (nSPS) is 11.7. The van der Waals surface area contributed by atoms with E-state index in [1.807, 2.05) is 0 Å². The van der Waals surface area contributed by atoms with Gasteiger partial charge in [-0.1, -0.05) is 0 Å². The SMILES string of the molecule is CC(C)(N)CNC(=O)c1cncc(-c2cc3cc(F)cc(F)c3[nH]2)n1. The van der Waals surface area contributed by atoms with E-state index in [2.05, 4.69) is 20.3 Å². The number of aromatic amines is 1. The summed E-state index contributed by atoms with van der Waals surface area (Å²) in [5, 5.41) is 3.04. The van der Waals surface area contributed by atoms with E-state index in [0.29, 0.717) is 16.8 Å². The first kappa shape index (κ1) is 17.0. The van der Waals surface area contributed by atoms with E-state index in [1.54, 1.807) is 19.9 Å². The van der Waals surface area contributed by atoms with Gasteiger partial charge in [-0.25, -0.2) is 13.8 Å². The summed E-state index contributed by atoms with van der Waals surface area (Å²) in [5.74, 6) is -1.78. The van der Waals surface area contributed by atoms with Crippen LogP contribution < -0.4 is 11.1 Å². The number of nitrogens with one attached hydrogen (secondary N) is 2. The number of H-pyrrole nitrogens is 1. The highest BCUT2D eigenvalue weighted by Crippen LogP contribution is 2.25. The Balaban J connectivity index is 1.91. The summed E-state index contributed by atoms with van der Waals surface area (Å²) in [6.07, 6.45) is 2.76. The van der Waals surface area contributed by atoms with Crippen LogP contribution in [0.15, 0.2) is 30.6 Å². The van der Waals surface area contributed by atoms with Crippen molar-refractivity contribution in [3.8, 4) is 11.4 Å². The van der Waals surface area contributed by atoms with Crippen molar-refractivity contribution in [2.45, 2.75) is 19.4 Å². The van der Waals surface area contributed by atoms with Gasteiger partial charge < -0.3 is 16.0 Å². The number of halogens is 2. The Morgan fingerprint density at radius 1 is 1.28 bits per heavy atom. The molecule has 0 saturated heterocycles. The monoisotopic (exact) mass is 345 g/mol. The Bertz CT molecular complexity index is 946. The molecule has 0 aliphatic rings. The number of carbonyl (C=O) groups is 1. The molecule has 2 heterocycles. The second-order valence-corrected chi connectivity index (χ2v) is 6.50. The molecule has 3 aromatic rings. The average molecular weight is 345 g/mol. The third kappa shape index (κ3) is 3.80. The van der Waals surface area contributed by atoms with Crippen LogP contribution in [0.5, 0.6) is 0 Å². The first-order chi connectivity index (χ1) is 11.7. The van der Waals surface area contributed by atoms with Crippen molar-refractivity contribution >= 4 is 16.8 Å². The molecule has 1 amide bonds. The summed E-state index contributed by atoms with van der Waals surface area (Å²) in [6, 6.07) is 3.56. The molecule has 0 fully saturated rings. The standard InChI is InChI=1S/C17H17F2N5O/c1-17(2,20)8-22-16(25)14-7-21-6-13(23-14)12-4-9-3-10(18)5-11(19)15(9)24-12/h3-7,24H,8,20H2,1-2H3,(H,22,25). The lowest BCUT2D eigenvalue weighted by Crippen LogP contribution is -2.45. The fourth-order valence-corrected chi connectivity index (χ4v) is 2.31. The molecule has 3 rings (SSSR count). The van der Waals surface area contributed by atoms with Crippen LogP contribution in [-0.2, 0) is 0 Å². The van der Waals surface area contributed by atoms with Crippen LogP contribution in [0.1, 0.15) is 24.3 Å². The van der Waals surface area contributed by atoms with Crippen molar-refractivity contribution in [1.29, 1.82) is 0 Å². The van der Waals surface area contributed by atoms with E-state index in [4.69, 9.17) is 5.73 Å². The maximum atomic E-state index is 13.8. The van der Waals surface area contributed by atoms with Crippen molar-refractivity contribution in [2.24, 2.45) is 5.73 Å². The predicted molar refractivity (Wildman–Crippen MR) is 89.8 cm³/mol. The largest absolute Gasteiger partial charge is 0.351 e. The minimum Gasteiger partial charge on any atom is -0.351 e. The summed E-state index contributed by atoms with van der Waals surface area (Å²) >= 11 is 0. The van der Waals surface area contributed by atoms with E-state index >= 15 is 0 Å². The molecule has 0 spiro atoms. The molecule has 1 aromatic carbocycles. The predicted octanol–water partition coefficient (Wildman–Crippen LogP) is 2.37. The molecule has 0 unspecified atom stereocenters. The number of hydrogen-bond donors (Lipinski definition) is 3. The first-order valence-corrected chi connectivity index (χ1v) is 7.60. The third-order valence-electron chi connectivity index (χ3n) is 3.49. The van der Waals surface area contributed by atoms with Gasteiger partial charge in [-0.2, -0.15) is 0 Å². The Hall–Kier alpha value is -2.87. The molecule has 0 aliphatic carbocycles. The lowest BCUT2D eigenvalue weighted by Gasteiger charge is -2.18. The number of fused-ring (bicyclic) bond motifs is 1. The highest BCUT2D eigenvalue weighted by atomic mass is 19.1. The van der Waals surface area contributed by atoms with Gasteiger partial charge in [0, 0.05) is 23.5 Å². The van der Waals surface area contributed by atoms with Crippen LogP contribution in [0.4, 0.5) is 8.78 Å². The summed E-state index contributed by atoms with van der Waals surface area (Å²) in [6.45, 7) is 3.84. The van der Waals surface area contributed by atoms with Gasteiger partial charge in [0.1, 0.15) is 23.0 Å². The first-order valence-electron chi connectivity index (χ1n) is 7.60. The van der Waals surface area contributed by atoms with Gasteiger partial charge >= 0.3 is 0 Å². The number of nitrogens with zero attached hydrogens (tertiary/aromatic N) is 2. The molecule has 0 radical (unpaired) electrons. The molecular weight excluding hydrogens is 328 g/mol. The van der Waals surface area contributed by atoms with E-state index in [0.717, 1.165) is 6.07 Å². The van der Waals surface area contributed by atoms with Crippen molar-refractivity contribution < 1.29 is 13.6 Å². The maximum absolute atomic E-state index is 13.8. The molecule has 6 nitrogen and oxygen atoms in total. The molecule has 4 N–H and O–H groups in total. The number of nitrogens with two attached hydrogens (primary N) is 1. The van der Waals surface area contributed by atoms with Crippen molar-refractivity contribution in [3.05, 3.63) is 47.9 Å². The molecule has 0 atom stereocenters. The van der Waals surface area contributed by atoms with Crippen LogP contribution in [0.2, 0.25) is 0 Å². The maximum Gasteiger partial charge on any atom is 0.271 e. The lowest BCUT2D eigenvalue weighted by atomic mass is 10.1. The van der Waals surface area contributed by atoms with E-state index in [9.17, 15) is 13.6 Å². The van der Waals surface area contributed by atoms with Gasteiger partial charge in [0.15, 0.2) is 0 Å². The minimum absolute atomic E-state index is 0.104. The molecular formula is C17H17F2N5O. The van der Waals surface area contributed by atoms with Crippen LogP contribution in [0, 0.1) is 11.6 Å². The number of carbonyl (C=O) groups excluding carboxylic acids is 1. The smallest absolute Gasteiger partial charge is 0.271 e. The topological polar surface area (TPSA) is 96.7 Å². The lowest BCUT2D eigenvalue weighted by molar-refractivity contribution is 0.0940. The van der Waals surface area contributed by atoms with Crippen LogP contribution in [-0.4, -0.2) is 32.9 Å². The second-order valence-electron chi connectivity index (χ2n) is 6.50. The Kier molecular flexibility index (Phi) is 4.22. The summed E-state index contributed by atoms with van der Waals surface area (Å²) < 4.78 is 27.1. The number of amides is 1. The fourth-order valence-electron chi connectivity index (χ4n) is 2.31. The highest BCUT2D eigenvalue weighted by Gasteiger charge is 2.16. The van der Waals surface area contributed by atoms with Crippen molar-refractivity contribution in [1.82, 2.24) is 20.3 Å². The highest BCUT2D eigenvalue weighted by molar-refractivity contribution is 5.92. The number of benzene rings is 1. The molecule has 0 saturated carbocycles. The molecule has 0 aliphatic heterocycles. The van der Waals surface area contributed by atoms with Crippen LogP contribution >= 0.6 is 0 Å². The third-order valence-corrected chi connectivity index (χ3v) is 3.49. The average Bonchev–Trinajstić information content (AvgIpc) is 2.96. The van der Waals surface area contributed by atoms with Crippen LogP contribution in [0.3, 0.4) is 0 Å². The zero-order chi connectivity index (χ0) is 18.2. The number of rotatable bonds is 4. The summed E-state index contributed by atoms with van der Waals surface area (Å²) in [5.41, 5.74) is 6.32. The zero-order valence-corrected chi connectivity index (χ0v) is 13.7. The Morgan fingerprint density at radius 3 is 2.76 bits per heavy atom. The second kappa shape index (κ2) is 6.21. The van der Waals surface area contributed by atoms with Gasteiger partial charge in [-0.15, -0.1) is 0 Å². The minimum atomic E-state index is -0.701. The molecule has 0 bridgehead atoms. The zero-order valence-electron chi connectivity index (χ0n) is 13.7.